The highest BCUT2D eigenvalue weighted by Crippen LogP contribution is 2.38. The third-order valence-corrected chi connectivity index (χ3v) is 8.81. The minimum absolute atomic E-state index is 0.00672. The van der Waals surface area contributed by atoms with Crippen molar-refractivity contribution in [3.8, 4) is 0 Å². The smallest absolute Gasteiger partial charge is 0.265 e. The van der Waals surface area contributed by atoms with Crippen LogP contribution in [0.3, 0.4) is 0 Å². The summed E-state index contributed by atoms with van der Waals surface area (Å²) in [5, 5.41) is 6.69. The second-order valence-electron chi connectivity index (χ2n) is 8.41. The van der Waals surface area contributed by atoms with Gasteiger partial charge in [0.25, 0.3) is 10.0 Å². The number of hydrogen-bond donors (Lipinski definition) is 2. The molecule has 0 aliphatic carbocycles. The highest BCUT2D eigenvalue weighted by Gasteiger charge is 2.42. The predicted octanol–water partition coefficient (Wildman–Crippen LogP) is 5.49. The third-order valence-electron chi connectivity index (χ3n) is 5.85. The van der Waals surface area contributed by atoms with Crippen LogP contribution in [0.2, 0.25) is 15.1 Å². The molecule has 2 N–H and O–H groups in total. The Kier molecular flexibility index (Phi) is 7.52. The monoisotopic (exact) mass is 565 g/mol. The molecule has 188 valence electrons. The second-order valence-corrected chi connectivity index (χ2v) is 11.4. The van der Waals surface area contributed by atoms with E-state index in [9.17, 15) is 18.0 Å². The molecule has 4 rings (SSSR count). The molecule has 3 aromatic rings. The van der Waals surface area contributed by atoms with E-state index in [1.54, 1.807) is 62.4 Å². The van der Waals surface area contributed by atoms with Gasteiger partial charge >= 0.3 is 0 Å². The molecule has 11 heteroatoms. The lowest BCUT2D eigenvalue weighted by Gasteiger charge is -2.37. The van der Waals surface area contributed by atoms with Crippen molar-refractivity contribution < 1.29 is 18.0 Å². The van der Waals surface area contributed by atoms with Crippen LogP contribution in [0.15, 0.2) is 59.5 Å². The highest BCUT2D eigenvalue weighted by atomic mass is 35.5. The molecule has 0 spiro atoms. The summed E-state index contributed by atoms with van der Waals surface area (Å²) in [7, 11) is -4.25. The first-order valence-electron chi connectivity index (χ1n) is 10.9. The number of nitrogens with one attached hydrogen (secondary N) is 2. The van der Waals surface area contributed by atoms with Gasteiger partial charge < -0.3 is 10.6 Å². The van der Waals surface area contributed by atoms with E-state index in [1.165, 1.54) is 6.07 Å². The molecule has 1 unspecified atom stereocenters. The summed E-state index contributed by atoms with van der Waals surface area (Å²) in [6.45, 7) is 3.41. The fourth-order valence-corrected chi connectivity index (χ4v) is 6.60. The molecular weight excluding hydrogens is 545 g/mol. The van der Waals surface area contributed by atoms with E-state index >= 15 is 0 Å². The quantitative estimate of drug-likeness (QED) is 0.413. The topological polar surface area (TPSA) is 95.6 Å². The Hall–Kier alpha value is -2.78. The normalized spacial score (nSPS) is 15.3. The number of carbonyl (C=O) groups excluding carboxylic acids is 2. The van der Waals surface area contributed by atoms with Crippen LogP contribution in [0.4, 0.5) is 11.4 Å². The maximum Gasteiger partial charge on any atom is 0.265 e. The Bertz CT molecular complexity index is 1480. The number of carbonyl (C=O) groups is 2. The number of benzene rings is 3. The van der Waals surface area contributed by atoms with Crippen molar-refractivity contribution in [2.45, 2.75) is 37.8 Å². The van der Waals surface area contributed by atoms with Gasteiger partial charge in [-0.05, 0) is 66.9 Å². The molecule has 0 aromatic heterocycles. The minimum Gasteiger partial charge on any atom is -0.352 e. The molecule has 1 aliphatic rings. The number of hydrogen-bond acceptors (Lipinski definition) is 4. The van der Waals surface area contributed by atoms with Crippen LogP contribution in [0.25, 0.3) is 0 Å². The molecule has 1 atom stereocenters. The molecule has 0 saturated heterocycles. The summed E-state index contributed by atoms with van der Waals surface area (Å²) in [6, 6.07) is 13.1. The Labute approximate surface area is 224 Å². The van der Waals surface area contributed by atoms with E-state index in [2.05, 4.69) is 10.6 Å². The fourth-order valence-electron chi connectivity index (χ4n) is 3.98. The number of anilines is 2. The van der Waals surface area contributed by atoms with Crippen molar-refractivity contribution in [2.24, 2.45) is 0 Å². The first-order chi connectivity index (χ1) is 17.0. The van der Waals surface area contributed by atoms with Crippen molar-refractivity contribution in [1.29, 1.82) is 0 Å². The number of aryl methyl sites for hydroxylation is 2. The Balaban J connectivity index is 1.69. The van der Waals surface area contributed by atoms with Crippen LogP contribution in [0.5, 0.6) is 0 Å². The summed E-state index contributed by atoms with van der Waals surface area (Å²) in [5.74, 6) is -1.13. The number of rotatable bonds is 6. The average molecular weight is 567 g/mol. The van der Waals surface area contributed by atoms with E-state index in [4.69, 9.17) is 34.8 Å². The van der Waals surface area contributed by atoms with Crippen molar-refractivity contribution in [3.63, 3.8) is 0 Å². The van der Waals surface area contributed by atoms with Gasteiger partial charge in [-0.2, -0.15) is 0 Å². The van der Waals surface area contributed by atoms with Gasteiger partial charge in [-0.25, -0.2) is 8.42 Å². The number of halogens is 3. The highest BCUT2D eigenvalue weighted by molar-refractivity contribution is 7.93. The van der Waals surface area contributed by atoms with Gasteiger partial charge in [0.1, 0.15) is 6.04 Å². The molecule has 0 radical (unpaired) electrons. The van der Waals surface area contributed by atoms with Crippen LogP contribution in [-0.2, 0) is 26.2 Å². The van der Waals surface area contributed by atoms with E-state index in [0.717, 1.165) is 4.31 Å². The van der Waals surface area contributed by atoms with Crippen molar-refractivity contribution >= 4 is 68.0 Å². The van der Waals surface area contributed by atoms with Gasteiger partial charge in [-0.15, -0.1) is 0 Å². The molecule has 36 heavy (non-hydrogen) atoms. The molecule has 0 saturated carbocycles. The molecule has 0 fully saturated rings. The van der Waals surface area contributed by atoms with Gasteiger partial charge in [0, 0.05) is 21.6 Å². The van der Waals surface area contributed by atoms with Gasteiger partial charge in [0.15, 0.2) is 0 Å². The fraction of sp³-hybridized carbons (Fsp3) is 0.200. The molecule has 3 aromatic carbocycles. The summed E-state index contributed by atoms with van der Waals surface area (Å²) in [6.07, 6.45) is -0.407. The SMILES string of the molecule is Cc1cc(S(=O)(=O)N2c3ccccc3NC(=O)C2CC(=O)NCc2ccc(Cl)cc2Cl)c(C)cc1Cl. The number of para-hydroxylation sites is 2. The van der Waals surface area contributed by atoms with Gasteiger partial charge in [-0.3, -0.25) is 13.9 Å². The summed E-state index contributed by atoms with van der Waals surface area (Å²) in [4.78, 5) is 26.0. The number of nitrogens with zero attached hydrogens (tertiary/aromatic N) is 1. The third kappa shape index (κ3) is 5.18. The van der Waals surface area contributed by atoms with Crippen LogP contribution in [0.1, 0.15) is 23.1 Å². The van der Waals surface area contributed by atoms with E-state index in [1.807, 2.05) is 0 Å². The molecular formula is C25H22Cl3N3O4S. The van der Waals surface area contributed by atoms with Gasteiger partial charge in [0.05, 0.1) is 22.7 Å². The molecule has 2 amide bonds. The first-order valence-corrected chi connectivity index (χ1v) is 13.5. The Morgan fingerprint density at radius 3 is 2.44 bits per heavy atom. The van der Waals surface area contributed by atoms with Crippen molar-refractivity contribution in [1.82, 2.24) is 5.32 Å². The van der Waals surface area contributed by atoms with Crippen molar-refractivity contribution in [3.05, 3.63) is 86.4 Å². The van der Waals surface area contributed by atoms with Crippen LogP contribution < -0.4 is 14.9 Å². The second kappa shape index (κ2) is 10.3. The maximum atomic E-state index is 14.0. The minimum atomic E-state index is -4.25. The molecule has 1 aliphatic heterocycles. The zero-order chi connectivity index (χ0) is 26.2. The van der Waals surface area contributed by atoms with E-state index in [0.29, 0.717) is 37.4 Å². The number of sulfonamides is 1. The van der Waals surface area contributed by atoms with Crippen LogP contribution >= 0.6 is 34.8 Å². The van der Waals surface area contributed by atoms with Crippen LogP contribution in [0, 0.1) is 13.8 Å². The molecule has 0 bridgehead atoms. The van der Waals surface area contributed by atoms with E-state index in [-0.39, 0.29) is 17.1 Å². The average Bonchev–Trinajstić information content (AvgIpc) is 2.81. The number of amides is 2. The Morgan fingerprint density at radius 2 is 1.72 bits per heavy atom. The lowest BCUT2D eigenvalue weighted by Crippen LogP contribution is -2.52. The molecule has 1 heterocycles. The largest absolute Gasteiger partial charge is 0.352 e. The summed E-state index contributed by atoms with van der Waals surface area (Å²) < 4.78 is 29.0. The van der Waals surface area contributed by atoms with Crippen LogP contribution in [-0.4, -0.2) is 26.3 Å². The van der Waals surface area contributed by atoms with Gasteiger partial charge in [0.2, 0.25) is 11.8 Å². The molecule has 7 nitrogen and oxygen atoms in total. The van der Waals surface area contributed by atoms with E-state index < -0.39 is 34.3 Å². The lowest BCUT2D eigenvalue weighted by atomic mass is 10.1. The standard InChI is InChI=1S/C25H22Cl3N3O4S/c1-14-10-23(15(2)9-18(14)27)36(34,35)31-21-6-4-3-5-20(21)30-25(33)22(31)12-24(32)29-13-16-7-8-17(26)11-19(16)28/h3-11,22H,12-13H2,1-2H3,(H,29,32)(H,30,33). The summed E-state index contributed by atoms with van der Waals surface area (Å²) >= 11 is 18.3. The maximum absolute atomic E-state index is 14.0. The predicted molar refractivity (Wildman–Crippen MR) is 142 cm³/mol. The number of fused-ring (bicyclic) bond motifs is 1. The first kappa shape index (κ1) is 26.3. The van der Waals surface area contributed by atoms with Crippen molar-refractivity contribution in [2.75, 3.05) is 9.62 Å². The zero-order valence-electron chi connectivity index (χ0n) is 19.3. The lowest BCUT2D eigenvalue weighted by molar-refractivity contribution is -0.125. The Morgan fingerprint density at radius 1 is 1.00 bits per heavy atom. The summed E-state index contributed by atoms with van der Waals surface area (Å²) in [5.41, 5.74) is 2.23. The zero-order valence-corrected chi connectivity index (χ0v) is 22.4. The van der Waals surface area contributed by atoms with Gasteiger partial charge in [-0.1, -0.05) is 53.0 Å².